The summed E-state index contributed by atoms with van der Waals surface area (Å²) in [6, 6.07) is 15.3. The Labute approximate surface area is 131 Å². The Morgan fingerprint density at radius 1 is 1.14 bits per heavy atom. The van der Waals surface area contributed by atoms with E-state index in [1.165, 1.54) is 11.3 Å². The van der Waals surface area contributed by atoms with Crippen LogP contribution in [0.5, 0.6) is 0 Å². The number of hydrogen-bond acceptors (Lipinski definition) is 3. The van der Waals surface area contributed by atoms with E-state index in [9.17, 15) is 4.79 Å². The Hall–Kier alpha value is -2.04. The van der Waals surface area contributed by atoms with Crippen LogP contribution < -0.4 is 11.1 Å². The number of carbonyl (C=O) groups is 1. The fraction of sp³-hybridized carbons (Fsp3) is 0.0625. The molecule has 3 nitrogen and oxygen atoms in total. The first-order valence-corrected chi connectivity index (χ1v) is 7.65. The van der Waals surface area contributed by atoms with Crippen molar-refractivity contribution in [2.75, 3.05) is 5.73 Å². The van der Waals surface area contributed by atoms with Crippen LogP contribution >= 0.6 is 22.9 Å². The van der Waals surface area contributed by atoms with Gasteiger partial charge in [0.25, 0.3) is 5.91 Å². The predicted octanol–water partition coefficient (Wildman–Crippen LogP) is 4.07. The molecule has 0 radical (unpaired) electrons. The van der Waals surface area contributed by atoms with Crippen molar-refractivity contribution < 1.29 is 4.79 Å². The van der Waals surface area contributed by atoms with E-state index in [0.29, 0.717) is 22.1 Å². The monoisotopic (exact) mass is 316 g/mol. The van der Waals surface area contributed by atoms with Crippen molar-refractivity contribution in [3.05, 3.63) is 64.0 Å². The summed E-state index contributed by atoms with van der Waals surface area (Å²) < 4.78 is 0.921. The lowest BCUT2D eigenvalue weighted by molar-refractivity contribution is 0.0956. The van der Waals surface area contributed by atoms with Gasteiger partial charge in [0.1, 0.15) is 4.88 Å². The molecule has 0 bridgehead atoms. The molecule has 5 heteroatoms. The second-order valence-corrected chi connectivity index (χ2v) is 6.09. The minimum absolute atomic E-state index is 0.173. The Kier molecular flexibility index (Phi) is 3.82. The number of nitrogens with one attached hydrogen (secondary N) is 1. The molecule has 1 aromatic heterocycles. The molecule has 2 aromatic carbocycles. The number of nitrogen functional groups attached to an aromatic ring is 1. The van der Waals surface area contributed by atoms with Crippen LogP contribution in [0.3, 0.4) is 0 Å². The lowest BCUT2D eigenvalue weighted by Crippen LogP contribution is -2.22. The summed E-state index contributed by atoms with van der Waals surface area (Å²) in [5, 5.41) is 4.22. The van der Waals surface area contributed by atoms with Crippen LogP contribution in [0.15, 0.2) is 48.5 Å². The smallest absolute Gasteiger partial charge is 0.263 e. The first-order chi connectivity index (χ1) is 10.2. The van der Waals surface area contributed by atoms with Crippen molar-refractivity contribution in [3.63, 3.8) is 0 Å². The standard InChI is InChI=1S/C16H13ClN2OS/c17-11-7-4-8-12-13(11)14(18)15(21-12)16(20)19-9-10-5-2-1-3-6-10/h1-8H,9,18H2,(H,19,20). The van der Waals surface area contributed by atoms with Crippen molar-refractivity contribution in [1.29, 1.82) is 0 Å². The van der Waals surface area contributed by atoms with Crippen molar-refractivity contribution in [3.8, 4) is 0 Å². The minimum atomic E-state index is -0.173. The Bertz CT molecular complexity index is 799. The van der Waals surface area contributed by atoms with E-state index in [-0.39, 0.29) is 5.91 Å². The Morgan fingerprint density at radius 3 is 2.62 bits per heavy atom. The van der Waals surface area contributed by atoms with Crippen molar-refractivity contribution >= 4 is 44.6 Å². The van der Waals surface area contributed by atoms with Crippen molar-refractivity contribution in [2.24, 2.45) is 0 Å². The average Bonchev–Trinajstić information content (AvgIpc) is 2.84. The summed E-state index contributed by atoms with van der Waals surface area (Å²) in [6.07, 6.45) is 0. The molecular formula is C16H13ClN2OS. The number of carbonyl (C=O) groups excluding carboxylic acids is 1. The van der Waals surface area contributed by atoms with Crippen molar-refractivity contribution in [1.82, 2.24) is 5.32 Å². The van der Waals surface area contributed by atoms with E-state index >= 15 is 0 Å². The van der Waals surface area contributed by atoms with E-state index in [0.717, 1.165) is 15.6 Å². The number of anilines is 1. The van der Waals surface area contributed by atoms with E-state index in [1.54, 1.807) is 6.07 Å². The molecule has 1 amide bonds. The van der Waals surface area contributed by atoms with Crippen LogP contribution in [-0.2, 0) is 6.54 Å². The molecule has 0 aliphatic rings. The van der Waals surface area contributed by atoms with Crippen LogP contribution in [0.4, 0.5) is 5.69 Å². The number of thiophene rings is 1. The van der Waals surface area contributed by atoms with Gasteiger partial charge in [-0.3, -0.25) is 4.79 Å². The summed E-state index contributed by atoms with van der Waals surface area (Å²) in [5.41, 5.74) is 7.57. The summed E-state index contributed by atoms with van der Waals surface area (Å²) in [7, 11) is 0. The van der Waals surface area contributed by atoms with Gasteiger partial charge >= 0.3 is 0 Å². The zero-order chi connectivity index (χ0) is 14.8. The molecule has 0 atom stereocenters. The second-order valence-electron chi connectivity index (χ2n) is 4.63. The van der Waals surface area contributed by atoms with Gasteiger partial charge in [0.2, 0.25) is 0 Å². The highest BCUT2D eigenvalue weighted by molar-refractivity contribution is 7.21. The van der Waals surface area contributed by atoms with Gasteiger partial charge in [0, 0.05) is 16.6 Å². The highest BCUT2D eigenvalue weighted by Crippen LogP contribution is 2.37. The molecule has 3 aromatic rings. The van der Waals surface area contributed by atoms with Gasteiger partial charge in [-0.25, -0.2) is 0 Å². The van der Waals surface area contributed by atoms with Crippen LogP contribution in [0.25, 0.3) is 10.1 Å². The van der Waals surface area contributed by atoms with Crippen LogP contribution in [0.2, 0.25) is 5.02 Å². The third kappa shape index (κ3) is 2.73. The molecule has 0 aliphatic carbocycles. The highest BCUT2D eigenvalue weighted by atomic mass is 35.5. The normalized spacial score (nSPS) is 10.7. The third-order valence-electron chi connectivity index (χ3n) is 3.20. The number of amides is 1. The summed E-state index contributed by atoms with van der Waals surface area (Å²) >= 11 is 7.51. The molecule has 0 saturated heterocycles. The number of rotatable bonds is 3. The van der Waals surface area contributed by atoms with Gasteiger partial charge in [-0.15, -0.1) is 11.3 Å². The van der Waals surface area contributed by atoms with E-state index in [2.05, 4.69) is 5.32 Å². The SMILES string of the molecule is Nc1c(C(=O)NCc2ccccc2)sc2cccc(Cl)c12. The molecule has 0 unspecified atom stereocenters. The largest absolute Gasteiger partial charge is 0.397 e. The maximum absolute atomic E-state index is 12.3. The Morgan fingerprint density at radius 2 is 1.90 bits per heavy atom. The topological polar surface area (TPSA) is 55.1 Å². The van der Waals surface area contributed by atoms with Gasteiger partial charge in [-0.05, 0) is 17.7 Å². The lowest BCUT2D eigenvalue weighted by Gasteiger charge is -2.04. The molecule has 21 heavy (non-hydrogen) atoms. The van der Waals surface area contributed by atoms with E-state index in [4.69, 9.17) is 17.3 Å². The first kappa shape index (κ1) is 13.9. The predicted molar refractivity (Wildman–Crippen MR) is 88.9 cm³/mol. The third-order valence-corrected chi connectivity index (χ3v) is 4.69. The maximum Gasteiger partial charge on any atom is 0.263 e. The zero-order valence-corrected chi connectivity index (χ0v) is 12.7. The lowest BCUT2D eigenvalue weighted by atomic mass is 10.2. The minimum Gasteiger partial charge on any atom is -0.397 e. The highest BCUT2D eigenvalue weighted by Gasteiger charge is 2.17. The van der Waals surface area contributed by atoms with E-state index in [1.807, 2.05) is 42.5 Å². The molecule has 3 rings (SSSR count). The number of hydrogen-bond donors (Lipinski definition) is 2. The molecule has 0 spiro atoms. The molecular weight excluding hydrogens is 304 g/mol. The number of halogens is 1. The molecule has 3 N–H and O–H groups in total. The maximum atomic E-state index is 12.3. The number of nitrogens with two attached hydrogens (primary N) is 1. The molecule has 0 saturated carbocycles. The summed E-state index contributed by atoms with van der Waals surface area (Å²) in [4.78, 5) is 12.8. The van der Waals surface area contributed by atoms with Gasteiger partial charge in [-0.1, -0.05) is 48.0 Å². The fourth-order valence-electron chi connectivity index (χ4n) is 2.16. The quantitative estimate of drug-likeness (QED) is 0.765. The second kappa shape index (κ2) is 5.76. The molecule has 106 valence electrons. The molecule has 0 fully saturated rings. The van der Waals surface area contributed by atoms with E-state index < -0.39 is 0 Å². The van der Waals surface area contributed by atoms with Crippen LogP contribution in [0, 0.1) is 0 Å². The summed E-state index contributed by atoms with van der Waals surface area (Å²) in [6.45, 7) is 0.473. The number of fused-ring (bicyclic) bond motifs is 1. The van der Waals surface area contributed by atoms with Crippen LogP contribution in [0.1, 0.15) is 15.2 Å². The summed E-state index contributed by atoms with van der Waals surface area (Å²) in [5.74, 6) is -0.173. The van der Waals surface area contributed by atoms with Gasteiger partial charge in [0.05, 0.1) is 10.7 Å². The van der Waals surface area contributed by atoms with Crippen molar-refractivity contribution in [2.45, 2.75) is 6.54 Å². The fourth-order valence-corrected chi connectivity index (χ4v) is 3.55. The molecule has 0 aliphatic heterocycles. The van der Waals surface area contributed by atoms with Gasteiger partial charge in [0.15, 0.2) is 0 Å². The zero-order valence-electron chi connectivity index (χ0n) is 11.1. The number of benzene rings is 2. The van der Waals surface area contributed by atoms with Crippen LogP contribution in [-0.4, -0.2) is 5.91 Å². The van der Waals surface area contributed by atoms with Gasteiger partial charge in [-0.2, -0.15) is 0 Å². The average molecular weight is 317 g/mol. The Balaban J connectivity index is 1.85. The first-order valence-electron chi connectivity index (χ1n) is 6.45. The van der Waals surface area contributed by atoms with Gasteiger partial charge < -0.3 is 11.1 Å². The molecule has 1 heterocycles.